The zero-order chi connectivity index (χ0) is 26.6. The molecule has 0 fully saturated rings. The zero-order valence-corrected chi connectivity index (χ0v) is 21.8. The van der Waals surface area contributed by atoms with Crippen LogP contribution in [-0.4, -0.2) is 29.7 Å². The molecule has 0 aromatic heterocycles. The topological polar surface area (TPSA) is 61.4 Å². The van der Waals surface area contributed by atoms with Gasteiger partial charge in [-0.15, -0.1) is 0 Å². The highest BCUT2D eigenvalue weighted by Gasteiger charge is 2.23. The third kappa shape index (κ3) is 9.38. The lowest BCUT2D eigenvalue weighted by atomic mass is 9.99. The Morgan fingerprint density at radius 3 is 2.30 bits per heavy atom. The Morgan fingerprint density at radius 1 is 0.865 bits per heavy atom. The SMILES string of the molecule is CCCCCc1cccc(C(=O)N[C@@H](Cc2cc(F)cc(F)c2)[C@H](O)CNCc2cccc(CC)c2)c1. The normalized spacial score (nSPS) is 12.8. The monoisotopic (exact) mass is 508 g/mol. The first kappa shape index (κ1) is 28.5. The van der Waals surface area contributed by atoms with Crippen LogP contribution in [0, 0.1) is 11.6 Å². The molecule has 2 atom stereocenters. The van der Waals surface area contributed by atoms with Crippen LogP contribution in [0.1, 0.15) is 65.7 Å². The van der Waals surface area contributed by atoms with E-state index in [4.69, 9.17) is 0 Å². The highest BCUT2D eigenvalue weighted by molar-refractivity contribution is 5.94. The van der Waals surface area contributed by atoms with E-state index in [1.54, 1.807) is 6.07 Å². The smallest absolute Gasteiger partial charge is 0.251 e. The minimum absolute atomic E-state index is 0.0881. The fourth-order valence-electron chi connectivity index (χ4n) is 4.43. The number of nitrogens with one attached hydrogen (secondary N) is 2. The maximum atomic E-state index is 13.8. The predicted molar refractivity (Wildman–Crippen MR) is 145 cm³/mol. The summed E-state index contributed by atoms with van der Waals surface area (Å²) in [4.78, 5) is 13.1. The van der Waals surface area contributed by atoms with Crippen molar-refractivity contribution in [2.45, 2.75) is 71.1 Å². The molecule has 3 aromatic carbocycles. The number of benzene rings is 3. The summed E-state index contributed by atoms with van der Waals surface area (Å²) in [6.45, 7) is 5.01. The van der Waals surface area contributed by atoms with Crippen LogP contribution in [0.15, 0.2) is 66.7 Å². The molecule has 0 aliphatic heterocycles. The average Bonchev–Trinajstić information content (AvgIpc) is 2.88. The molecule has 4 nitrogen and oxygen atoms in total. The van der Waals surface area contributed by atoms with Crippen molar-refractivity contribution in [1.82, 2.24) is 10.6 Å². The van der Waals surface area contributed by atoms with Crippen LogP contribution in [-0.2, 0) is 25.8 Å². The summed E-state index contributed by atoms with van der Waals surface area (Å²) in [7, 11) is 0. The quantitative estimate of drug-likeness (QED) is 0.243. The van der Waals surface area contributed by atoms with Crippen molar-refractivity contribution >= 4 is 5.91 Å². The molecule has 37 heavy (non-hydrogen) atoms. The first-order valence-electron chi connectivity index (χ1n) is 13.2. The van der Waals surface area contributed by atoms with Crippen molar-refractivity contribution in [2.24, 2.45) is 0 Å². The van der Waals surface area contributed by atoms with Gasteiger partial charge in [-0.3, -0.25) is 4.79 Å². The van der Waals surface area contributed by atoms with E-state index in [9.17, 15) is 18.7 Å². The van der Waals surface area contributed by atoms with Crippen molar-refractivity contribution in [3.05, 3.63) is 106 Å². The number of carbonyl (C=O) groups excluding carboxylic acids is 1. The van der Waals surface area contributed by atoms with E-state index in [1.165, 1.54) is 17.7 Å². The number of aryl methyl sites for hydroxylation is 2. The lowest BCUT2D eigenvalue weighted by Crippen LogP contribution is -2.48. The summed E-state index contributed by atoms with van der Waals surface area (Å²) in [5.41, 5.74) is 4.28. The molecule has 0 saturated carbocycles. The van der Waals surface area contributed by atoms with Crippen molar-refractivity contribution in [2.75, 3.05) is 6.54 Å². The van der Waals surface area contributed by atoms with Crippen molar-refractivity contribution in [1.29, 1.82) is 0 Å². The second-order valence-corrected chi connectivity index (χ2v) is 9.59. The number of hydrogen-bond donors (Lipinski definition) is 3. The largest absolute Gasteiger partial charge is 0.390 e. The van der Waals surface area contributed by atoms with Crippen LogP contribution < -0.4 is 10.6 Å². The number of aliphatic hydroxyl groups is 1. The second-order valence-electron chi connectivity index (χ2n) is 9.59. The van der Waals surface area contributed by atoms with Gasteiger partial charge in [-0.1, -0.05) is 63.1 Å². The lowest BCUT2D eigenvalue weighted by molar-refractivity contribution is 0.0829. The Bertz CT molecular complexity index is 1130. The van der Waals surface area contributed by atoms with Gasteiger partial charge in [0.2, 0.25) is 0 Å². The van der Waals surface area contributed by atoms with Crippen LogP contribution in [0.25, 0.3) is 0 Å². The second kappa shape index (κ2) is 14.6. The molecule has 1 amide bonds. The molecular formula is C31H38F2N2O2. The Balaban J connectivity index is 1.70. The van der Waals surface area contributed by atoms with E-state index < -0.39 is 23.8 Å². The molecule has 0 saturated heterocycles. The van der Waals surface area contributed by atoms with Crippen LogP contribution in [0.2, 0.25) is 0 Å². The molecule has 0 heterocycles. The Kier molecular flexibility index (Phi) is 11.2. The number of carbonyl (C=O) groups is 1. The maximum absolute atomic E-state index is 13.8. The summed E-state index contributed by atoms with van der Waals surface area (Å²) < 4.78 is 27.7. The third-order valence-electron chi connectivity index (χ3n) is 6.50. The van der Waals surface area contributed by atoms with E-state index in [2.05, 4.69) is 36.6 Å². The van der Waals surface area contributed by atoms with Gasteiger partial charge in [-0.05, 0) is 72.2 Å². The molecule has 0 aliphatic rings. The first-order valence-corrected chi connectivity index (χ1v) is 13.2. The molecular weight excluding hydrogens is 470 g/mol. The number of unbranched alkanes of at least 4 members (excludes halogenated alkanes) is 2. The van der Waals surface area contributed by atoms with Gasteiger partial charge in [0.25, 0.3) is 5.91 Å². The number of aliphatic hydroxyl groups excluding tert-OH is 1. The van der Waals surface area contributed by atoms with Gasteiger partial charge in [-0.25, -0.2) is 8.78 Å². The average molecular weight is 509 g/mol. The zero-order valence-electron chi connectivity index (χ0n) is 21.8. The molecule has 0 spiro atoms. The third-order valence-corrected chi connectivity index (χ3v) is 6.50. The molecule has 3 N–H and O–H groups in total. The van der Waals surface area contributed by atoms with Crippen LogP contribution >= 0.6 is 0 Å². The van der Waals surface area contributed by atoms with Crippen LogP contribution in [0.4, 0.5) is 8.78 Å². The standard InChI is InChI=1S/C31H38F2N2O2/c1-3-5-6-9-23-11-8-13-26(15-23)31(37)35-29(18-25-16-27(32)19-28(33)17-25)30(36)21-34-20-24-12-7-10-22(4-2)14-24/h7-8,10-17,19,29-30,34,36H,3-6,9,18,20-21H2,1-2H3,(H,35,37)/t29-,30+/m0/s1. The number of rotatable bonds is 14. The summed E-state index contributed by atoms with van der Waals surface area (Å²) in [5.74, 6) is -1.71. The number of hydrogen-bond acceptors (Lipinski definition) is 3. The van der Waals surface area contributed by atoms with E-state index in [0.29, 0.717) is 17.7 Å². The van der Waals surface area contributed by atoms with Gasteiger partial charge in [0.1, 0.15) is 11.6 Å². The molecule has 6 heteroatoms. The van der Waals surface area contributed by atoms with Crippen molar-refractivity contribution in [3.63, 3.8) is 0 Å². The Morgan fingerprint density at radius 2 is 1.57 bits per heavy atom. The molecule has 0 aliphatic carbocycles. The highest BCUT2D eigenvalue weighted by atomic mass is 19.1. The summed E-state index contributed by atoms with van der Waals surface area (Å²) in [6.07, 6.45) is 4.26. The van der Waals surface area contributed by atoms with Crippen molar-refractivity contribution < 1.29 is 18.7 Å². The molecule has 0 radical (unpaired) electrons. The Hall–Kier alpha value is -3.09. The van der Waals surface area contributed by atoms with E-state index in [0.717, 1.165) is 49.3 Å². The van der Waals surface area contributed by atoms with Gasteiger partial charge < -0.3 is 15.7 Å². The van der Waals surface area contributed by atoms with E-state index in [1.807, 2.05) is 30.3 Å². The fraction of sp³-hybridized carbons (Fsp3) is 0.387. The maximum Gasteiger partial charge on any atom is 0.251 e. The predicted octanol–water partition coefficient (Wildman–Crippen LogP) is 5.75. The van der Waals surface area contributed by atoms with Crippen molar-refractivity contribution in [3.8, 4) is 0 Å². The first-order chi connectivity index (χ1) is 17.9. The fourth-order valence-corrected chi connectivity index (χ4v) is 4.43. The molecule has 3 rings (SSSR count). The van der Waals surface area contributed by atoms with Gasteiger partial charge in [-0.2, -0.15) is 0 Å². The number of halogens is 2. The minimum atomic E-state index is -0.975. The number of amides is 1. The van der Waals surface area contributed by atoms with Gasteiger partial charge >= 0.3 is 0 Å². The molecule has 198 valence electrons. The molecule has 0 unspecified atom stereocenters. The minimum Gasteiger partial charge on any atom is -0.390 e. The van der Waals surface area contributed by atoms with Crippen LogP contribution in [0.3, 0.4) is 0 Å². The van der Waals surface area contributed by atoms with Crippen LogP contribution in [0.5, 0.6) is 0 Å². The molecule has 3 aromatic rings. The van der Waals surface area contributed by atoms with E-state index >= 15 is 0 Å². The summed E-state index contributed by atoms with van der Waals surface area (Å²) in [6, 6.07) is 18.2. The van der Waals surface area contributed by atoms with E-state index in [-0.39, 0.29) is 18.9 Å². The lowest BCUT2D eigenvalue weighted by Gasteiger charge is -2.25. The van der Waals surface area contributed by atoms with Gasteiger partial charge in [0, 0.05) is 24.7 Å². The molecule has 0 bridgehead atoms. The Labute approximate surface area is 219 Å². The van der Waals surface area contributed by atoms with Gasteiger partial charge in [0.15, 0.2) is 0 Å². The highest BCUT2D eigenvalue weighted by Crippen LogP contribution is 2.14. The summed E-state index contributed by atoms with van der Waals surface area (Å²) >= 11 is 0. The van der Waals surface area contributed by atoms with Gasteiger partial charge in [0.05, 0.1) is 12.1 Å². The summed E-state index contributed by atoms with van der Waals surface area (Å²) in [5, 5.41) is 17.2.